The van der Waals surface area contributed by atoms with Gasteiger partial charge < -0.3 is 10.1 Å². The molecule has 0 radical (unpaired) electrons. The zero-order valence-corrected chi connectivity index (χ0v) is 21.4. The fourth-order valence-electron chi connectivity index (χ4n) is 3.68. The molecule has 0 aliphatic carbocycles. The van der Waals surface area contributed by atoms with Crippen LogP contribution in [0.4, 0.5) is 20.6 Å². The highest BCUT2D eigenvalue weighted by Gasteiger charge is 2.37. The average molecular weight is 566 g/mol. The van der Waals surface area contributed by atoms with Gasteiger partial charge in [0.15, 0.2) is 6.61 Å². The van der Waals surface area contributed by atoms with E-state index in [-0.39, 0.29) is 23.6 Å². The van der Waals surface area contributed by atoms with Gasteiger partial charge in [-0.05, 0) is 74.0 Å². The monoisotopic (exact) mass is 565 g/mol. The smallest absolute Gasteiger partial charge is 0.335 e. The second kappa shape index (κ2) is 10.8. The number of ether oxygens (including phenoxy) is 1. The molecule has 1 aliphatic rings. The molecule has 0 atom stereocenters. The molecule has 5 amide bonds. The van der Waals surface area contributed by atoms with E-state index in [1.807, 2.05) is 26.0 Å². The predicted molar refractivity (Wildman–Crippen MR) is 140 cm³/mol. The van der Waals surface area contributed by atoms with Gasteiger partial charge in [0.1, 0.15) is 17.1 Å². The van der Waals surface area contributed by atoms with E-state index in [9.17, 15) is 23.6 Å². The summed E-state index contributed by atoms with van der Waals surface area (Å²) in [6.07, 6.45) is 1.27. The number of anilines is 2. The Bertz CT molecular complexity index is 1450. The molecule has 4 rings (SSSR count). The lowest BCUT2D eigenvalue weighted by Crippen LogP contribution is -2.54. The summed E-state index contributed by atoms with van der Waals surface area (Å²) in [7, 11) is 0. The number of hydrogen-bond acceptors (Lipinski definition) is 5. The van der Waals surface area contributed by atoms with Crippen molar-refractivity contribution in [1.29, 1.82) is 0 Å². The van der Waals surface area contributed by atoms with Crippen molar-refractivity contribution >= 4 is 57.1 Å². The largest absolute Gasteiger partial charge is 0.483 e. The van der Waals surface area contributed by atoms with Crippen molar-refractivity contribution in [2.24, 2.45) is 0 Å². The fourth-order valence-corrected chi connectivity index (χ4v) is 4.06. The molecule has 1 heterocycles. The molecule has 0 aromatic heterocycles. The van der Waals surface area contributed by atoms with Crippen LogP contribution >= 0.6 is 15.9 Å². The van der Waals surface area contributed by atoms with Crippen molar-refractivity contribution in [2.75, 3.05) is 16.8 Å². The fraction of sp³-hybridized carbons (Fsp3) is 0.111. The lowest BCUT2D eigenvalue weighted by molar-refractivity contribution is -0.122. The highest BCUT2D eigenvalue weighted by atomic mass is 79.9. The summed E-state index contributed by atoms with van der Waals surface area (Å²) in [5, 5.41) is 4.90. The number of carbonyl (C=O) groups is 4. The zero-order valence-electron chi connectivity index (χ0n) is 19.8. The van der Waals surface area contributed by atoms with Crippen molar-refractivity contribution in [3.8, 4) is 5.75 Å². The number of halogens is 2. The number of hydrogen-bond donors (Lipinski definition) is 2. The Morgan fingerprint density at radius 3 is 2.49 bits per heavy atom. The third-order valence-corrected chi connectivity index (χ3v) is 5.97. The number of amides is 5. The van der Waals surface area contributed by atoms with Gasteiger partial charge in [-0.2, -0.15) is 0 Å². The molecule has 2 N–H and O–H groups in total. The van der Waals surface area contributed by atoms with Crippen LogP contribution in [0.15, 0.2) is 70.7 Å². The number of imide groups is 2. The summed E-state index contributed by atoms with van der Waals surface area (Å²) >= 11 is 3.34. The Kier molecular flexibility index (Phi) is 7.49. The number of nitrogens with zero attached hydrogens (tertiary/aromatic N) is 1. The number of benzene rings is 3. The molecule has 10 heteroatoms. The van der Waals surface area contributed by atoms with Gasteiger partial charge in [0.05, 0.1) is 5.69 Å². The lowest BCUT2D eigenvalue weighted by Gasteiger charge is -2.26. The molecular formula is C27H21BrFN3O5. The summed E-state index contributed by atoms with van der Waals surface area (Å²) in [4.78, 5) is 51.3. The molecule has 0 spiro atoms. The van der Waals surface area contributed by atoms with E-state index in [0.29, 0.717) is 15.7 Å². The van der Waals surface area contributed by atoms with Gasteiger partial charge in [-0.15, -0.1) is 0 Å². The van der Waals surface area contributed by atoms with Gasteiger partial charge in [-0.1, -0.05) is 33.6 Å². The highest BCUT2D eigenvalue weighted by Crippen LogP contribution is 2.28. The second-order valence-electron chi connectivity index (χ2n) is 8.27. The molecule has 3 aromatic rings. The number of urea groups is 1. The van der Waals surface area contributed by atoms with Crippen LogP contribution in [0.3, 0.4) is 0 Å². The van der Waals surface area contributed by atoms with Gasteiger partial charge in [0.25, 0.3) is 17.7 Å². The van der Waals surface area contributed by atoms with E-state index in [2.05, 4.69) is 26.6 Å². The quantitative estimate of drug-likeness (QED) is 0.327. The lowest BCUT2D eigenvalue weighted by atomic mass is 10.1. The molecule has 1 fully saturated rings. The summed E-state index contributed by atoms with van der Waals surface area (Å²) in [5.74, 6) is -2.49. The minimum Gasteiger partial charge on any atom is -0.483 e. The van der Waals surface area contributed by atoms with Gasteiger partial charge >= 0.3 is 6.03 Å². The number of aryl methyl sites for hydroxylation is 2. The molecule has 1 aliphatic heterocycles. The molecule has 0 unspecified atom stereocenters. The van der Waals surface area contributed by atoms with E-state index in [1.165, 1.54) is 18.2 Å². The summed E-state index contributed by atoms with van der Waals surface area (Å²) in [6, 6.07) is 14.2. The number of barbiturate groups is 1. The average Bonchev–Trinajstić information content (AvgIpc) is 2.84. The van der Waals surface area contributed by atoms with Gasteiger partial charge in [0.2, 0.25) is 0 Å². The van der Waals surface area contributed by atoms with Crippen LogP contribution in [0.5, 0.6) is 5.75 Å². The van der Waals surface area contributed by atoms with Crippen molar-refractivity contribution in [3.05, 3.63) is 93.2 Å². The van der Waals surface area contributed by atoms with E-state index in [1.54, 1.807) is 24.3 Å². The first-order valence-electron chi connectivity index (χ1n) is 11.1. The van der Waals surface area contributed by atoms with Gasteiger partial charge in [-0.25, -0.2) is 14.1 Å². The third kappa shape index (κ3) is 5.92. The maximum absolute atomic E-state index is 13.3. The molecule has 188 valence electrons. The first-order chi connectivity index (χ1) is 17.6. The van der Waals surface area contributed by atoms with Crippen LogP contribution in [0.25, 0.3) is 6.08 Å². The van der Waals surface area contributed by atoms with E-state index in [0.717, 1.165) is 28.2 Å². The maximum atomic E-state index is 13.3. The number of rotatable bonds is 6. The van der Waals surface area contributed by atoms with E-state index < -0.39 is 29.6 Å². The number of carbonyl (C=O) groups excluding carboxylic acids is 4. The standard InChI is InChI=1S/C27H21BrFN3O5/c1-15-3-9-22(16(2)11-15)30-24(33)14-37-23-10-4-18(28)12-17(23)13-21-25(34)31-27(36)32(26(21)35)20-7-5-19(29)6-8-20/h3-13H,14H2,1-2H3,(H,30,33)(H,31,34,36)/b21-13+. The Morgan fingerprint density at radius 1 is 1.05 bits per heavy atom. The molecule has 37 heavy (non-hydrogen) atoms. The van der Waals surface area contributed by atoms with Crippen LogP contribution in [0, 0.1) is 19.7 Å². The normalized spacial score (nSPS) is 14.5. The molecular weight excluding hydrogens is 545 g/mol. The van der Waals surface area contributed by atoms with Crippen molar-refractivity contribution in [3.63, 3.8) is 0 Å². The van der Waals surface area contributed by atoms with Crippen molar-refractivity contribution in [2.45, 2.75) is 13.8 Å². The Balaban J connectivity index is 1.57. The van der Waals surface area contributed by atoms with Crippen LogP contribution in [0.2, 0.25) is 0 Å². The van der Waals surface area contributed by atoms with E-state index in [4.69, 9.17) is 4.74 Å². The Morgan fingerprint density at radius 2 is 1.78 bits per heavy atom. The van der Waals surface area contributed by atoms with Crippen LogP contribution < -0.4 is 20.3 Å². The Hall–Kier alpha value is -4.31. The molecule has 1 saturated heterocycles. The second-order valence-corrected chi connectivity index (χ2v) is 9.19. The zero-order chi connectivity index (χ0) is 26.7. The summed E-state index contributed by atoms with van der Waals surface area (Å²) < 4.78 is 19.7. The molecule has 0 saturated carbocycles. The third-order valence-electron chi connectivity index (χ3n) is 5.47. The van der Waals surface area contributed by atoms with Gasteiger partial charge in [0, 0.05) is 15.7 Å². The summed E-state index contributed by atoms with van der Waals surface area (Å²) in [6.45, 7) is 3.51. The Labute approximate surface area is 220 Å². The number of nitrogens with one attached hydrogen (secondary N) is 2. The summed E-state index contributed by atoms with van der Waals surface area (Å²) in [5.41, 5.74) is 2.71. The molecule has 0 bridgehead atoms. The minimum absolute atomic E-state index is 0.0936. The van der Waals surface area contributed by atoms with Crippen molar-refractivity contribution in [1.82, 2.24) is 5.32 Å². The predicted octanol–water partition coefficient (Wildman–Crippen LogP) is 4.89. The first-order valence-corrected chi connectivity index (χ1v) is 11.9. The SMILES string of the molecule is Cc1ccc(NC(=O)COc2ccc(Br)cc2/C=C2\C(=O)NC(=O)N(c3ccc(F)cc3)C2=O)c(C)c1. The topological polar surface area (TPSA) is 105 Å². The minimum atomic E-state index is -0.951. The maximum Gasteiger partial charge on any atom is 0.335 e. The first kappa shape index (κ1) is 25.8. The van der Waals surface area contributed by atoms with Gasteiger partial charge in [-0.3, -0.25) is 19.7 Å². The molecule has 8 nitrogen and oxygen atoms in total. The van der Waals surface area contributed by atoms with Crippen LogP contribution in [0.1, 0.15) is 16.7 Å². The highest BCUT2D eigenvalue weighted by molar-refractivity contribution is 9.10. The van der Waals surface area contributed by atoms with Crippen molar-refractivity contribution < 1.29 is 28.3 Å². The van der Waals surface area contributed by atoms with E-state index >= 15 is 0 Å². The van der Waals surface area contributed by atoms with Crippen LogP contribution in [-0.4, -0.2) is 30.4 Å². The molecule has 3 aromatic carbocycles. The van der Waals surface area contributed by atoms with Crippen LogP contribution in [-0.2, 0) is 14.4 Å².